The number of carboxylic acid groups (broad SMARTS) is 1. The van der Waals surface area contributed by atoms with Crippen molar-refractivity contribution in [3.63, 3.8) is 0 Å². The number of aryl methyl sites for hydroxylation is 1. The summed E-state index contributed by atoms with van der Waals surface area (Å²) in [5, 5.41) is 9.56. The fourth-order valence-corrected chi connectivity index (χ4v) is 3.89. The van der Waals surface area contributed by atoms with E-state index in [2.05, 4.69) is 4.98 Å². The number of aromatic nitrogens is 1. The lowest BCUT2D eigenvalue weighted by Crippen LogP contribution is -2.07. The molecule has 0 aliphatic rings. The van der Waals surface area contributed by atoms with E-state index in [1.165, 1.54) is 12.3 Å². The first kappa shape index (κ1) is 23.3. The third-order valence-corrected chi connectivity index (χ3v) is 5.77. The van der Waals surface area contributed by atoms with Crippen molar-refractivity contribution in [3.8, 4) is 16.9 Å². The third-order valence-electron chi connectivity index (χ3n) is 5.77. The second kappa shape index (κ2) is 9.17. The molecule has 0 fully saturated rings. The zero-order valence-corrected chi connectivity index (χ0v) is 18.6. The number of nitrogens with zero attached hydrogens (tertiary/aromatic N) is 1. The topological polar surface area (TPSA) is 59.4 Å². The summed E-state index contributed by atoms with van der Waals surface area (Å²) in [6.07, 6.45) is -3.04. The van der Waals surface area contributed by atoms with Crippen LogP contribution in [-0.4, -0.2) is 16.1 Å². The number of halogens is 3. The molecule has 0 saturated heterocycles. The van der Waals surface area contributed by atoms with E-state index in [4.69, 9.17) is 9.84 Å². The molecule has 1 unspecified atom stereocenters. The highest BCUT2D eigenvalue weighted by atomic mass is 19.4. The van der Waals surface area contributed by atoms with Crippen molar-refractivity contribution in [1.29, 1.82) is 0 Å². The summed E-state index contributed by atoms with van der Waals surface area (Å²) >= 11 is 0. The van der Waals surface area contributed by atoms with Crippen LogP contribution >= 0.6 is 0 Å². The minimum absolute atomic E-state index is 0.0856. The number of rotatable bonds is 6. The van der Waals surface area contributed by atoms with Crippen molar-refractivity contribution in [2.45, 2.75) is 32.5 Å². The van der Waals surface area contributed by atoms with Crippen LogP contribution in [0.2, 0.25) is 0 Å². The minimum atomic E-state index is -4.50. The van der Waals surface area contributed by atoms with Crippen LogP contribution < -0.4 is 4.74 Å². The van der Waals surface area contributed by atoms with Crippen LogP contribution in [0.25, 0.3) is 22.0 Å². The normalized spacial score (nSPS) is 12.5. The Morgan fingerprint density at radius 2 is 1.76 bits per heavy atom. The summed E-state index contributed by atoms with van der Waals surface area (Å²) in [5.41, 5.74) is 2.88. The standard InChI is InChI=1S/C27H22F3NO3/c1-16-14-31-25-22(7-4-8-23(25)27(28,29)30)24(16)20-5-3-6-21(13-20)34-15-18-9-11-19(12-10-18)17(2)26(32)33/h3-14,17H,15H2,1-2H3,(H,32,33). The van der Waals surface area contributed by atoms with Crippen LogP contribution in [0.5, 0.6) is 5.75 Å². The number of fused-ring (bicyclic) bond motifs is 1. The van der Waals surface area contributed by atoms with Crippen LogP contribution in [0, 0.1) is 6.92 Å². The Kier molecular flexibility index (Phi) is 6.28. The molecule has 0 spiro atoms. The molecular formula is C27H22F3NO3. The molecule has 3 aromatic carbocycles. The van der Waals surface area contributed by atoms with Gasteiger partial charge in [0.25, 0.3) is 0 Å². The largest absolute Gasteiger partial charge is 0.489 e. The molecule has 0 bridgehead atoms. The van der Waals surface area contributed by atoms with Gasteiger partial charge in [0.1, 0.15) is 12.4 Å². The van der Waals surface area contributed by atoms with Crippen LogP contribution in [0.3, 0.4) is 0 Å². The maximum absolute atomic E-state index is 13.5. The first-order valence-corrected chi connectivity index (χ1v) is 10.7. The van der Waals surface area contributed by atoms with E-state index in [0.717, 1.165) is 22.8 Å². The lowest BCUT2D eigenvalue weighted by molar-refractivity contribution is -0.138. The highest BCUT2D eigenvalue weighted by molar-refractivity contribution is 5.97. The minimum Gasteiger partial charge on any atom is -0.489 e. The highest BCUT2D eigenvalue weighted by Gasteiger charge is 2.33. The van der Waals surface area contributed by atoms with Gasteiger partial charge in [-0.1, -0.05) is 48.5 Å². The van der Waals surface area contributed by atoms with E-state index in [1.807, 2.05) is 25.1 Å². The number of pyridine rings is 1. The summed E-state index contributed by atoms with van der Waals surface area (Å²) in [6.45, 7) is 3.70. The monoisotopic (exact) mass is 465 g/mol. The second-order valence-corrected chi connectivity index (χ2v) is 8.13. The molecule has 174 valence electrons. The fraction of sp³-hybridized carbons (Fsp3) is 0.185. The smallest absolute Gasteiger partial charge is 0.418 e. The van der Waals surface area contributed by atoms with Gasteiger partial charge in [-0.15, -0.1) is 0 Å². The predicted molar refractivity (Wildman–Crippen MR) is 124 cm³/mol. The molecule has 1 atom stereocenters. The van der Waals surface area contributed by atoms with E-state index >= 15 is 0 Å². The SMILES string of the molecule is Cc1cnc2c(C(F)(F)F)cccc2c1-c1cccc(OCc2ccc(C(C)C(=O)O)cc2)c1. The Labute approximate surface area is 194 Å². The number of carbonyl (C=O) groups is 1. The summed E-state index contributed by atoms with van der Waals surface area (Å²) in [6, 6.07) is 18.4. The number of ether oxygens (including phenoxy) is 1. The molecule has 0 saturated carbocycles. The number of alkyl halides is 3. The molecule has 0 radical (unpaired) electrons. The van der Waals surface area contributed by atoms with Gasteiger partial charge in [-0.3, -0.25) is 9.78 Å². The molecule has 4 nitrogen and oxygen atoms in total. The van der Waals surface area contributed by atoms with E-state index < -0.39 is 23.6 Å². The van der Waals surface area contributed by atoms with Gasteiger partial charge >= 0.3 is 12.1 Å². The summed E-state index contributed by atoms with van der Waals surface area (Å²) in [7, 11) is 0. The number of hydrogen-bond donors (Lipinski definition) is 1. The van der Waals surface area contributed by atoms with Gasteiger partial charge in [0.05, 0.1) is 17.0 Å². The maximum Gasteiger partial charge on any atom is 0.418 e. The molecule has 34 heavy (non-hydrogen) atoms. The van der Waals surface area contributed by atoms with Crippen molar-refractivity contribution < 1.29 is 27.8 Å². The van der Waals surface area contributed by atoms with Crippen molar-refractivity contribution in [2.24, 2.45) is 0 Å². The Morgan fingerprint density at radius 3 is 2.44 bits per heavy atom. The van der Waals surface area contributed by atoms with E-state index in [0.29, 0.717) is 22.3 Å². The lowest BCUT2D eigenvalue weighted by Gasteiger charge is -2.15. The zero-order valence-electron chi connectivity index (χ0n) is 18.6. The predicted octanol–water partition coefficient (Wildman–Crippen LogP) is 7.00. The molecule has 1 N–H and O–H groups in total. The molecular weight excluding hydrogens is 443 g/mol. The second-order valence-electron chi connectivity index (χ2n) is 8.13. The molecule has 1 heterocycles. The summed E-state index contributed by atoms with van der Waals surface area (Å²) in [4.78, 5) is 15.2. The highest BCUT2D eigenvalue weighted by Crippen LogP contribution is 2.38. The Bertz CT molecular complexity index is 1350. The third kappa shape index (κ3) is 4.73. The van der Waals surface area contributed by atoms with Gasteiger partial charge in [-0.05, 0) is 59.9 Å². The van der Waals surface area contributed by atoms with Gasteiger partial charge in [-0.25, -0.2) is 0 Å². The number of para-hydroxylation sites is 1. The van der Waals surface area contributed by atoms with Crippen molar-refractivity contribution >= 4 is 16.9 Å². The van der Waals surface area contributed by atoms with Crippen molar-refractivity contribution in [1.82, 2.24) is 4.98 Å². The number of benzene rings is 3. The van der Waals surface area contributed by atoms with Crippen LogP contribution in [0.1, 0.15) is 35.1 Å². The van der Waals surface area contributed by atoms with Crippen LogP contribution in [0.4, 0.5) is 13.2 Å². The summed E-state index contributed by atoms with van der Waals surface area (Å²) in [5.74, 6) is -0.915. The average molecular weight is 465 g/mol. The molecule has 7 heteroatoms. The van der Waals surface area contributed by atoms with Crippen LogP contribution in [-0.2, 0) is 17.6 Å². The van der Waals surface area contributed by atoms with Gasteiger partial charge in [0.2, 0.25) is 0 Å². The Balaban J connectivity index is 1.62. The lowest BCUT2D eigenvalue weighted by atomic mass is 9.95. The average Bonchev–Trinajstić information content (AvgIpc) is 2.81. The number of carboxylic acids is 1. The molecule has 0 amide bonds. The Hall–Kier alpha value is -3.87. The quantitative estimate of drug-likeness (QED) is 0.333. The van der Waals surface area contributed by atoms with Gasteiger partial charge in [-0.2, -0.15) is 13.2 Å². The Morgan fingerprint density at radius 1 is 1.06 bits per heavy atom. The number of aliphatic carboxylic acids is 1. The fourth-order valence-electron chi connectivity index (χ4n) is 3.89. The maximum atomic E-state index is 13.5. The molecule has 4 aromatic rings. The van der Waals surface area contributed by atoms with Gasteiger partial charge < -0.3 is 9.84 Å². The molecule has 1 aromatic heterocycles. The number of hydrogen-bond acceptors (Lipinski definition) is 3. The first-order valence-electron chi connectivity index (χ1n) is 10.7. The van der Waals surface area contributed by atoms with Gasteiger partial charge in [0, 0.05) is 11.6 Å². The molecule has 0 aliphatic heterocycles. The zero-order chi connectivity index (χ0) is 24.5. The molecule has 0 aliphatic carbocycles. The first-order chi connectivity index (χ1) is 16.1. The van der Waals surface area contributed by atoms with Crippen molar-refractivity contribution in [3.05, 3.63) is 95.2 Å². The van der Waals surface area contributed by atoms with Crippen molar-refractivity contribution in [2.75, 3.05) is 0 Å². The van der Waals surface area contributed by atoms with Crippen LogP contribution in [0.15, 0.2) is 72.9 Å². The van der Waals surface area contributed by atoms with E-state index in [9.17, 15) is 18.0 Å². The van der Waals surface area contributed by atoms with E-state index in [1.54, 1.807) is 43.3 Å². The van der Waals surface area contributed by atoms with Gasteiger partial charge in [0.15, 0.2) is 0 Å². The van der Waals surface area contributed by atoms with E-state index in [-0.39, 0.29) is 12.1 Å². The summed E-state index contributed by atoms with van der Waals surface area (Å²) < 4.78 is 46.4. The molecule has 4 rings (SSSR count).